The Bertz CT molecular complexity index is 735. The van der Waals surface area contributed by atoms with Crippen LogP contribution in [0.25, 0.3) is 11.3 Å². The van der Waals surface area contributed by atoms with E-state index in [0.717, 1.165) is 27.4 Å². The van der Waals surface area contributed by atoms with E-state index in [9.17, 15) is 0 Å². The van der Waals surface area contributed by atoms with Gasteiger partial charge in [-0.15, -0.1) is 0 Å². The molecule has 0 aliphatic rings. The highest BCUT2D eigenvalue weighted by molar-refractivity contribution is 6.31. The molecule has 3 aromatic rings. The molecule has 3 nitrogen and oxygen atoms in total. The SMILES string of the molecule is NCc1cnn(Cc2ccccc2Cl)c1-c1ccccc1. The van der Waals surface area contributed by atoms with Crippen molar-refractivity contribution in [2.75, 3.05) is 0 Å². The zero-order valence-corrected chi connectivity index (χ0v) is 12.3. The highest BCUT2D eigenvalue weighted by atomic mass is 35.5. The molecule has 0 amide bonds. The lowest BCUT2D eigenvalue weighted by molar-refractivity contribution is 0.694. The molecule has 0 atom stereocenters. The summed E-state index contributed by atoms with van der Waals surface area (Å²) < 4.78 is 1.96. The summed E-state index contributed by atoms with van der Waals surface area (Å²) >= 11 is 6.25. The van der Waals surface area contributed by atoms with Gasteiger partial charge in [-0.25, -0.2) is 0 Å². The standard InChI is InChI=1S/C17H16ClN3/c18-16-9-5-4-8-14(16)12-21-17(15(10-19)11-20-21)13-6-2-1-3-7-13/h1-9,11H,10,12,19H2. The quantitative estimate of drug-likeness (QED) is 0.798. The second-order valence-electron chi connectivity index (χ2n) is 4.84. The van der Waals surface area contributed by atoms with E-state index in [0.29, 0.717) is 13.1 Å². The molecule has 4 heteroatoms. The van der Waals surface area contributed by atoms with E-state index in [4.69, 9.17) is 17.3 Å². The first kappa shape index (κ1) is 13.9. The van der Waals surface area contributed by atoms with Crippen LogP contribution in [0.4, 0.5) is 0 Å². The van der Waals surface area contributed by atoms with Crippen LogP contribution in [-0.4, -0.2) is 9.78 Å². The number of rotatable bonds is 4. The first-order chi connectivity index (χ1) is 10.3. The molecular weight excluding hydrogens is 282 g/mol. The van der Waals surface area contributed by atoms with Gasteiger partial charge in [0.1, 0.15) is 0 Å². The first-order valence-corrected chi connectivity index (χ1v) is 7.21. The summed E-state index contributed by atoms with van der Waals surface area (Å²) in [4.78, 5) is 0. The van der Waals surface area contributed by atoms with E-state index < -0.39 is 0 Å². The Morgan fingerprint density at radius 1 is 0.952 bits per heavy atom. The smallest absolute Gasteiger partial charge is 0.0731 e. The van der Waals surface area contributed by atoms with Crippen LogP contribution in [0.1, 0.15) is 11.1 Å². The minimum atomic E-state index is 0.465. The van der Waals surface area contributed by atoms with E-state index in [2.05, 4.69) is 17.2 Å². The molecule has 0 bridgehead atoms. The highest BCUT2D eigenvalue weighted by Crippen LogP contribution is 2.25. The number of nitrogens with two attached hydrogens (primary N) is 1. The molecular formula is C17H16ClN3. The van der Waals surface area contributed by atoms with Crippen molar-refractivity contribution in [1.82, 2.24) is 9.78 Å². The summed E-state index contributed by atoms with van der Waals surface area (Å²) in [5.74, 6) is 0. The van der Waals surface area contributed by atoms with Crippen molar-refractivity contribution in [2.24, 2.45) is 5.73 Å². The highest BCUT2D eigenvalue weighted by Gasteiger charge is 2.12. The van der Waals surface area contributed by atoms with Crippen molar-refractivity contribution in [3.8, 4) is 11.3 Å². The predicted octanol–water partition coefficient (Wildman–Crippen LogP) is 3.71. The maximum Gasteiger partial charge on any atom is 0.0731 e. The summed E-state index contributed by atoms with van der Waals surface area (Å²) in [6.07, 6.45) is 1.83. The Balaban J connectivity index is 2.04. The molecule has 21 heavy (non-hydrogen) atoms. The monoisotopic (exact) mass is 297 g/mol. The topological polar surface area (TPSA) is 43.8 Å². The van der Waals surface area contributed by atoms with Gasteiger partial charge in [-0.2, -0.15) is 5.10 Å². The van der Waals surface area contributed by atoms with Gasteiger partial charge >= 0.3 is 0 Å². The van der Waals surface area contributed by atoms with Gasteiger partial charge in [-0.1, -0.05) is 60.1 Å². The Hall–Kier alpha value is -2.10. The average molecular weight is 298 g/mol. The van der Waals surface area contributed by atoms with E-state index >= 15 is 0 Å². The van der Waals surface area contributed by atoms with E-state index in [1.165, 1.54) is 0 Å². The number of hydrogen-bond acceptors (Lipinski definition) is 2. The van der Waals surface area contributed by atoms with Crippen molar-refractivity contribution in [2.45, 2.75) is 13.1 Å². The van der Waals surface area contributed by atoms with Gasteiger partial charge in [0, 0.05) is 22.7 Å². The lowest BCUT2D eigenvalue weighted by Gasteiger charge is -2.10. The van der Waals surface area contributed by atoms with Crippen LogP contribution in [0.3, 0.4) is 0 Å². The maximum absolute atomic E-state index is 6.25. The van der Waals surface area contributed by atoms with Gasteiger partial charge in [0.2, 0.25) is 0 Å². The van der Waals surface area contributed by atoms with Crippen molar-refractivity contribution in [3.05, 3.63) is 76.9 Å². The molecule has 1 heterocycles. The van der Waals surface area contributed by atoms with Crippen LogP contribution < -0.4 is 5.73 Å². The molecule has 0 aliphatic carbocycles. The second kappa shape index (κ2) is 6.12. The molecule has 3 rings (SSSR count). The summed E-state index contributed by atoms with van der Waals surface area (Å²) in [7, 11) is 0. The Morgan fingerprint density at radius 2 is 1.67 bits per heavy atom. The van der Waals surface area contributed by atoms with Crippen LogP contribution in [0.5, 0.6) is 0 Å². The third kappa shape index (κ3) is 2.84. The molecule has 0 spiro atoms. The number of hydrogen-bond donors (Lipinski definition) is 1. The zero-order chi connectivity index (χ0) is 14.7. The van der Waals surface area contributed by atoms with Crippen LogP contribution in [0.2, 0.25) is 5.02 Å². The number of nitrogens with zero attached hydrogens (tertiary/aromatic N) is 2. The van der Waals surface area contributed by atoms with Gasteiger partial charge < -0.3 is 5.73 Å². The average Bonchev–Trinajstić information content (AvgIpc) is 2.93. The van der Waals surface area contributed by atoms with Gasteiger partial charge in [0.05, 0.1) is 18.4 Å². The molecule has 0 fully saturated rings. The molecule has 106 valence electrons. The second-order valence-corrected chi connectivity index (χ2v) is 5.24. The van der Waals surface area contributed by atoms with Crippen LogP contribution in [0.15, 0.2) is 60.8 Å². The van der Waals surface area contributed by atoms with Crippen LogP contribution in [0, 0.1) is 0 Å². The van der Waals surface area contributed by atoms with Crippen LogP contribution >= 0.6 is 11.6 Å². The lowest BCUT2D eigenvalue weighted by Crippen LogP contribution is -2.06. The van der Waals surface area contributed by atoms with Gasteiger partial charge in [0.25, 0.3) is 0 Å². The first-order valence-electron chi connectivity index (χ1n) is 6.83. The van der Waals surface area contributed by atoms with Gasteiger partial charge in [0.15, 0.2) is 0 Å². The van der Waals surface area contributed by atoms with E-state index in [1.807, 2.05) is 53.3 Å². The number of benzene rings is 2. The predicted molar refractivity (Wildman–Crippen MR) is 86.1 cm³/mol. The van der Waals surface area contributed by atoms with E-state index in [-0.39, 0.29) is 0 Å². The number of halogens is 1. The fourth-order valence-corrected chi connectivity index (χ4v) is 2.61. The van der Waals surface area contributed by atoms with Crippen LogP contribution in [-0.2, 0) is 13.1 Å². The summed E-state index contributed by atoms with van der Waals surface area (Å²) in [6, 6.07) is 18.0. The normalized spacial score (nSPS) is 10.8. The maximum atomic E-state index is 6.25. The zero-order valence-electron chi connectivity index (χ0n) is 11.5. The summed E-state index contributed by atoms with van der Waals surface area (Å²) in [5.41, 5.74) is 10.1. The van der Waals surface area contributed by atoms with Gasteiger partial charge in [-0.3, -0.25) is 4.68 Å². The minimum absolute atomic E-state index is 0.465. The Morgan fingerprint density at radius 3 is 2.38 bits per heavy atom. The molecule has 0 aliphatic heterocycles. The molecule has 0 radical (unpaired) electrons. The van der Waals surface area contributed by atoms with Crippen molar-refractivity contribution < 1.29 is 0 Å². The Labute approximate surface area is 129 Å². The molecule has 2 N–H and O–H groups in total. The van der Waals surface area contributed by atoms with E-state index in [1.54, 1.807) is 0 Å². The Kier molecular flexibility index (Phi) is 4.04. The summed E-state index contributed by atoms with van der Waals surface area (Å²) in [6.45, 7) is 1.09. The van der Waals surface area contributed by atoms with Gasteiger partial charge in [-0.05, 0) is 11.6 Å². The number of aromatic nitrogens is 2. The van der Waals surface area contributed by atoms with Crippen molar-refractivity contribution in [1.29, 1.82) is 0 Å². The van der Waals surface area contributed by atoms with Crippen molar-refractivity contribution >= 4 is 11.6 Å². The van der Waals surface area contributed by atoms with Crippen molar-refractivity contribution in [3.63, 3.8) is 0 Å². The minimum Gasteiger partial charge on any atom is -0.326 e. The molecule has 0 unspecified atom stereocenters. The lowest BCUT2D eigenvalue weighted by atomic mass is 10.1. The summed E-state index contributed by atoms with van der Waals surface area (Å²) in [5, 5.41) is 5.23. The largest absolute Gasteiger partial charge is 0.326 e. The molecule has 0 saturated carbocycles. The fraction of sp³-hybridized carbons (Fsp3) is 0.118. The third-order valence-electron chi connectivity index (χ3n) is 3.46. The fourth-order valence-electron chi connectivity index (χ4n) is 2.41. The molecule has 1 aromatic heterocycles. The molecule has 2 aromatic carbocycles. The third-order valence-corrected chi connectivity index (χ3v) is 3.83. The molecule has 0 saturated heterocycles.